The Balaban J connectivity index is 1.19. The lowest BCUT2D eigenvalue weighted by Crippen LogP contribution is -2.37. The van der Waals surface area contributed by atoms with Crippen molar-refractivity contribution in [1.29, 1.82) is 0 Å². The number of aryl methyl sites for hydroxylation is 2. The van der Waals surface area contributed by atoms with E-state index in [4.69, 9.17) is 14.2 Å². The van der Waals surface area contributed by atoms with Crippen LogP contribution in [0.2, 0.25) is 0 Å². The molecule has 8 heteroatoms. The van der Waals surface area contributed by atoms with Crippen LogP contribution < -0.4 is 15.6 Å². The molecule has 1 saturated heterocycles. The molecule has 1 N–H and O–H groups in total. The van der Waals surface area contributed by atoms with Crippen LogP contribution >= 0.6 is 0 Å². The van der Waals surface area contributed by atoms with Crippen molar-refractivity contribution >= 4 is 11.0 Å². The van der Waals surface area contributed by atoms with E-state index in [0.717, 1.165) is 111 Å². The lowest BCUT2D eigenvalue weighted by molar-refractivity contribution is 0.211. The molecule has 5 rings (SSSR count). The number of benzene rings is 1. The van der Waals surface area contributed by atoms with E-state index in [1.54, 1.807) is 0 Å². The van der Waals surface area contributed by atoms with Crippen LogP contribution in [0.3, 0.4) is 0 Å². The van der Waals surface area contributed by atoms with E-state index in [-0.39, 0.29) is 5.56 Å². The third-order valence-electron chi connectivity index (χ3n) is 7.32. The first-order chi connectivity index (χ1) is 16.6. The molecule has 1 aromatic carbocycles. The highest BCUT2D eigenvalue weighted by Crippen LogP contribution is 2.34. The van der Waals surface area contributed by atoms with E-state index >= 15 is 0 Å². The molecule has 0 amide bonds. The Hall–Kier alpha value is -2.71. The third kappa shape index (κ3) is 4.74. The highest BCUT2D eigenvalue weighted by atomic mass is 16.5. The molecular weight excluding hydrogens is 430 g/mol. The Morgan fingerprint density at radius 3 is 2.88 bits per heavy atom. The average Bonchev–Trinajstić information content (AvgIpc) is 3.28. The Bertz CT molecular complexity index is 1190. The Labute approximate surface area is 200 Å². The zero-order valence-electron chi connectivity index (χ0n) is 20.3. The van der Waals surface area contributed by atoms with Crippen LogP contribution in [0.15, 0.2) is 27.5 Å². The number of hydrogen-bond acceptors (Lipinski definition) is 7. The summed E-state index contributed by atoms with van der Waals surface area (Å²) in [5.41, 5.74) is 3.83. The van der Waals surface area contributed by atoms with Gasteiger partial charge in [0.25, 0.3) is 5.56 Å². The van der Waals surface area contributed by atoms with Gasteiger partial charge >= 0.3 is 0 Å². The minimum absolute atomic E-state index is 0.181. The number of likely N-dealkylation sites (tertiary alicyclic amines) is 1. The molecule has 0 unspecified atom stereocenters. The Morgan fingerprint density at radius 2 is 2.06 bits per heavy atom. The van der Waals surface area contributed by atoms with Gasteiger partial charge in [0, 0.05) is 54.7 Å². The predicted octanol–water partition coefficient (Wildman–Crippen LogP) is 3.05. The van der Waals surface area contributed by atoms with Crippen molar-refractivity contribution in [3.63, 3.8) is 0 Å². The first-order valence-electron chi connectivity index (χ1n) is 12.6. The zero-order chi connectivity index (χ0) is 23.5. The largest absolute Gasteiger partial charge is 0.492 e. The monoisotopic (exact) mass is 465 g/mol. The van der Waals surface area contributed by atoms with Crippen LogP contribution in [0.25, 0.3) is 11.0 Å². The maximum Gasteiger partial charge on any atom is 0.256 e. The summed E-state index contributed by atoms with van der Waals surface area (Å²) in [6.45, 7) is 7.13. The highest BCUT2D eigenvalue weighted by Gasteiger charge is 2.26. The van der Waals surface area contributed by atoms with Gasteiger partial charge in [0.15, 0.2) is 5.58 Å². The lowest BCUT2D eigenvalue weighted by Gasteiger charge is -2.31. The predicted molar refractivity (Wildman–Crippen MR) is 132 cm³/mol. The number of nitrogens with zero attached hydrogens (tertiary/aromatic N) is 4. The maximum atomic E-state index is 13.0. The van der Waals surface area contributed by atoms with Gasteiger partial charge in [-0.3, -0.25) is 9.36 Å². The van der Waals surface area contributed by atoms with Crippen molar-refractivity contribution in [2.45, 2.75) is 57.9 Å². The third-order valence-corrected chi connectivity index (χ3v) is 7.32. The second-order valence-electron chi connectivity index (χ2n) is 9.55. The second kappa shape index (κ2) is 10.3. The van der Waals surface area contributed by atoms with E-state index in [1.807, 2.05) is 30.7 Å². The second-order valence-corrected chi connectivity index (χ2v) is 9.55. The normalized spacial score (nSPS) is 17.2. The molecule has 2 aromatic heterocycles. The summed E-state index contributed by atoms with van der Waals surface area (Å²) in [4.78, 5) is 20.2. The van der Waals surface area contributed by atoms with Gasteiger partial charge in [-0.2, -0.15) is 0 Å². The van der Waals surface area contributed by atoms with Crippen LogP contribution in [0.4, 0.5) is 0 Å². The summed E-state index contributed by atoms with van der Waals surface area (Å²) in [5.74, 6) is 2.17. The SMILES string of the molecule is CNCCOc1ccc2c(C3CCN(CCc4c(C)nc5n(c4=O)CCCC5)CC3)noc2c1. The summed E-state index contributed by atoms with van der Waals surface area (Å²) in [7, 11) is 1.91. The molecule has 8 nitrogen and oxygen atoms in total. The van der Waals surface area contributed by atoms with Gasteiger partial charge in [0.05, 0.1) is 5.69 Å². The Morgan fingerprint density at radius 1 is 1.21 bits per heavy atom. The summed E-state index contributed by atoms with van der Waals surface area (Å²) in [5, 5.41) is 8.59. The van der Waals surface area contributed by atoms with Gasteiger partial charge < -0.3 is 19.5 Å². The molecule has 0 bridgehead atoms. The molecule has 2 aliphatic heterocycles. The molecule has 0 spiro atoms. The molecule has 4 heterocycles. The molecule has 1 fully saturated rings. The van der Waals surface area contributed by atoms with Gasteiger partial charge in [-0.1, -0.05) is 5.16 Å². The van der Waals surface area contributed by atoms with Gasteiger partial charge in [-0.15, -0.1) is 0 Å². The number of piperidine rings is 1. The topological polar surface area (TPSA) is 85.4 Å². The van der Waals surface area contributed by atoms with Gasteiger partial charge in [0.1, 0.15) is 18.2 Å². The van der Waals surface area contributed by atoms with E-state index < -0.39 is 0 Å². The maximum absolute atomic E-state index is 13.0. The van der Waals surface area contributed by atoms with Crippen molar-refractivity contribution in [2.24, 2.45) is 0 Å². The number of aromatic nitrogens is 3. The molecular formula is C26H35N5O3. The van der Waals surface area contributed by atoms with Crippen LogP contribution in [0, 0.1) is 6.92 Å². The number of ether oxygens (including phenoxy) is 1. The lowest BCUT2D eigenvalue weighted by atomic mass is 9.91. The van der Waals surface area contributed by atoms with Crippen LogP contribution in [0.5, 0.6) is 5.75 Å². The molecule has 3 aromatic rings. The molecule has 0 saturated carbocycles. The first kappa shape index (κ1) is 23.1. The van der Waals surface area contributed by atoms with Crippen LogP contribution in [-0.2, 0) is 19.4 Å². The van der Waals surface area contributed by atoms with Crippen molar-refractivity contribution < 1.29 is 9.26 Å². The summed E-state index contributed by atoms with van der Waals surface area (Å²) in [6, 6.07) is 6.01. The van der Waals surface area contributed by atoms with Gasteiger partial charge in [-0.25, -0.2) is 4.98 Å². The summed E-state index contributed by atoms with van der Waals surface area (Å²) >= 11 is 0. The molecule has 0 radical (unpaired) electrons. The van der Waals surface area contributed by atoms with Gasteiger partial charge in [0.2, 0.25) is 0 Å². The standard InChI is InChI=1S/C26H35N5O3/c1-18-21(26(32)31-12-4-3-5-24(31)28-18)10-15-30-13-8-19(9-14-30)25-22-7-6-20(33-16-11-27-2)17-23(22)34-29-25/h6-7,17,19,27H,3-5,8-16H2,1-2H3. The molecule has 0 aliphatic carbocycles. The van der Waals surface area contributed by atoms with E-state index in [2.05, 4.69) is 21.4 Å². The van der Waals surface area contributed by atoms with Crippen molar-refractivity contribution in [3.05, 3.63) is 51.3 Å². The molecule has 182 valence electrons. The summed E-state index contributed by atoms with van der Waals surface area (Å²) in [6.07, 6.45) is 5.99. The Kier molecular flexibility index (Phi) is 6.97. The highest BCUT2D eigenvalue weighted by molar-refractivity contribution is 5.81. The molecule has 0 atom stereocenters. The van der Waals surface area contributed by atoms with Crippen molar-refractivity contribution in [3.8, 4) is 5.75 Å². The number of fused-ring (bicyclic) bond motifs is 2. The fourth-order valence-corrected chi connectivity index (χ4v) is 5.31. The van der Waals surface area contributed by atoms with Crippen LogP contribution in [0.1, 0.15) is 54.4 Å². The summed E-state index contributed by atoms with van der Waals surface area (Å²) < 4.78 is 13.3. The molecule has 34 heavy (non-hydrogen) atoms. The molecule has 2 aliphatic rings. The van der Waals surface area contributed by atoms with Crippen LogP contribution in [-0.4, -0.2) is 59.4 Å². The van der Waals surface area contributed by atoms with E-state index in [0.29, 0.717) is 12.5 Å². The zero-order valence-corrected chi connectivity index (χ0v) is 20.3. The van der Waals surface area contributed by atoms with Crippen molar-refractivity contribution in [1.82, 2.24) is 24.9 Å². The first-order valence-corrected chi connectivity index (χ1v) is 12.6. The quantitative estimate of drug-likeness (QED) is 0.512. The number of rotatable bonds is 8. The fraction of sp³-hybridized carbons (Fsp3) is 0.577. The van der Waals surface area contributed by atoms with E-state index in [1.165, 1.54) is 0 Å². The van der Waals surface area contributed by atoms with Crippen molar-refractivity contribution in [2.75, 3.05) is 39.8 Å². The number of likely N-dealkylation sites (N-methyl/N-ethyl adjacent to an activating group) is 1. The number of nitrogens with one attached hydrogen (secondary N) is 1. The minimum atomic E-state index is 0.181. The smallest absolute Gasteiger partial charge is 0.256 e. The number of hydrogen-bond donors (Lipinski definition) is 1. The minimum Gasteiger partial charge on any atom is -0.492 e. The van der Waals surface area contributed by atoms with Gasteiger partial charge in [-0.05, 0) is 71.3 Å². The average molecular weight is 466 g/mol. The fourth-order valence-electron chi connectivity index (χ4n) is 5.31. The van der Waals surface area contributed by atoms with E-state index in [9.17, 15) is 4.79 Å².